The van der Waals surface area contributed by atoms with E-state index in [9.17, 15) is 18.8 Å². The van der Waals surface area contributed by atoms with E-state index in [0.717, 1.165) is 5.56 Å². The number of carbonyl (C=O) groups is 3. The zero-order valence-corrected chi connectivity index (χ0v) is 20.4. The molecule has 1 unspecified atom stereocenters. The van der Waals surface area contributed by atoms with Crippen LogP contribution in [0, 0.1) is 12.7 Å². The summed E-state index contributed by atoms with van der Waals surface area (Å²) >= 11 is 6.13. The molecule has 2 heterocycles. The van der Waals surface area contributed by atoms with Crippen molar-refractivity contribution in [3.8, 4) is 0 Å². The third-order valence-corrected chi connectivity index (χ3v) is 6.82. The third kappa shape index (κ3) is 6.10. The normalized spacial score (nSPS) is 18.8. The van der Waals surface area contributed by atoms with Gasteiger partial charge < -0.3 is 20.4 Å². The molecule has 3 amide bonds. The van der Waals surface area contributed by atoms with Gasteiger partial charge in [0.25, 0.3) is 0 Å². The van der Waals surface area contributed by atoms with E-state index >= 15 is 0 Å². The van der Waals surface area contributed by atoms with Crippen LogP contribution in [0.25, 0.3) is 0 Å². The molecule has 0 spiro atoms. The molecule has 186 valence electrons. The number of hydrogen-bond acceptors (Lipinski definition) is 5. The summed E-state index contributed by atoms with van der Waals surface area (Å²) in [5, 5.41) is 6.03. The van der Waals surface area contributed by atoms with E-state index in [2.05, 4.69) is 10.6 Å². The van der Waals surface area contributed by atoms with Crippen LogP contribution in [0.1, 0.15) is 12.0 Å². The molecule has 0 bridgehead atoms. The molecule has 35 heavy (non-hydrogen) atoms. The van der Waals surface area contributed by atoms with Crippen LogP contribution in [0.3, 0.4) is 0 Å². The monoisotopic (exact) mass is 501 g/mol. The first kappa shape index (κ1) is 24.9. The molecule has 2 N–H and O–H groups in total. The summed E-state index contributed by atoms with van der Waals surface area (Å²) in [6.07, 6.45) is -0.149. The highest BCUT2D eigenvalue weighted by atomic mass is 35.5. The zero-order chi connectivity index (χ0) is 24.9. The molecule has 1 atom stereocenters. The van der Waals surface area contributed by atoms with Crippen LogP contribution in [0.5, 0.6) is 0 Å². The van der Waals surface area contributed by atoms with Gasteiger partial charge in [-0.1, -0.05) is 29.8 Å². The first-order chi connectivity index (χ1) is 16.8. The topological polar surface area (TPSA) is 85.0 Å². The van der Waals surface area contributed by atoms with E-state index in [1.54, 1.807) is 36.4 Å². The van der Waals surface area contributed by atoms with Crippen molar-refractivity contribution < 1.29 is 18.8 Å². The Morgan fingerprint density at radius 1 is 1.11 bits per heavy atom. The number of nitrogens with one attached hydrogen (secondary N) is 2. The Hall–Kier alpha value is -3.17. The molecule has 2 saturated heterocycles. The Morgan fingerprint density at radius 3 is 2.57 bits per heavy atom. The van der Waals surface area contributed by atoms with E-state index in [-0.39, 0.29) is 36.5 Å². The second-order valence-electron chi connectivity index (χ2n) is 8.82. The predicted octanol–water partition coefficient (Wildman–Crippen LogP) is 2.27. The highest BCUT2D eigenvalue weighted by molar-refractivity contribution is 6.31. The van der Waals surface area contributed by atoms with Gasteiger partial charge in [-0.05, 0) is 36.8 Å². The molecule has 8 nitrogen and oxygen atoms in total. The fourth-order valence-corrected chi connectivity index (χ4v) is 4.59. The average Bonchev–Trinajstić information content (AvgIpc) is 2.83. The Morgan fingerprint density at radius 2 is 1.86 bits per heavy atom. The molecule has 4 rings (SSSR count). The Balaban J connectivity index is 1.33. The quantitative estimate of drug-likeness (QED) is 0.634. The van der Waals surface area contributed by atoms with Crippen LogP contribution in [-0.2, 0) is 14.4 Å². The number of aryl methyl sites for hydroxylation is 1. The van der Waals surface area contributed by atoms with Crippen molar-refractivity contribution in [1.29, 1.82) is 0 Å². The largest absolute Gasteiger partial charge is 0.367 e. The van der Waals surface area contributed by atoms with Crippen LogP contribution in [-0.4, -0.2) is 79.4 Å². The molecule has 2 fully saturated rings. The molecule has 2 aliphatic rings. The number of halogens is 2. The van der Waals surface area contributed by atoms with Gasteiger partial charge in [0.2, 0.25) is 17.7 Å². The fraction of sp³-hybridized carbons (Fsp3) is 0.400. The Labute approximate surface area is 209 Å². The number of piperazine rings is 2. The summed E-state index contributed by atoms with van der Waals surface area (Å²) in [5.74, 6) is -1.17. The molecule has 2 aliphatic heterocycles. The third-order valence-electron chi connectivity index (χ3n) is 6.41. The lowest BCUT2D eigenvalue weighted by Gasteiger charge is -2.39. The van der Waals surface area contributed by atoms with Gasteiger partial charge in [0.1, 0.15) is 11.9 Å². The number of hydrogen-bond donors (Lipinski definition) is 2. The van der Waals surface area contributed by atoms with E-state index in [1.165, 1.54) is 11.0 Å². The van der Waals surface area contributed by atoms with Crippen molar-refractivity contribution >= 4 is 40.7 Å². The van der Waals surface area contributed by atoms with Crippen molar-refractivity contribution in [2.75, 3.05) is 56.0 Å². The summed E-state index contributed by atoms with van der Waals surface area (Å²) in [5.41, 5.74) is 1.99. The van der Waals surface area contributed by atoms with E-state index < -0.39 is 6.04 Å². The molecule has 0 saturated carbocycles. The maximum Gasteiger partial charge on any atom is 0.243 e. The van der Waals surface area contributed by atoms with Crippen LogP contribution in [0.15, 0.2) is 42.5 Å². The number of para-hydroxylation sites is 1. The second kappa shape index (κ2) is 11.0. The summed E-state index contributed by atoms with van der Waals surface area (Å²) in [6, 6.07) is 11.0. The van der Waals surface area contributed by atoms with Gasteiger partial charge in [0.05, 0.1) is 18.7 Å². The molecule has 0 radical (unpaired) electrons. The lowest BCUT2D eigenvalue weighted by atomic mass is 10.1. The fourth-order valence-electron chi connectivity index (χ4n) is 4.41. The van der Waals surface area contributed by atoms with E-state index in [0.29, 0.717) is 55.7 Å². The van der Waals surface area contributed by atoms with Crippen molar-refractivity contribution in [3.63, 3.8) is 0 Å². The number of anilines is 2. The lowest BCUT2D eigenvalue weighted by molar-refractivity contribution is -0.145. The SMILES string of the molecule is Cc1ccc(NC(=O)CC2C(=O)NCCN2C(=O)CN2CCN(c3ccccc3F)CC2)cc1Cl. The predicted molar refractivity (Wildman–Crippen MR) is 133 cm³/mol. The highest BCUT2D eigenvalue weighted by Gasteiger charge is 2.35. The van der Waals surface area contributed by atoms with E-state index in [4.69, 9.17) is 11.6 Å². The van der Waals surface area contributed by atoms with Crippen molar-refractivity contribution in [1.82, 2.24) is 15.1 Å². The van der Waals surface area contributed by atoms with Crippen molar-refractivity contribution in [3.05, 3.63) is 58.9 Å². The van der Waals surface area contributed by atoms with Gasteiger partial charge >= 0.3 is 0 Å². The molecular formula is C25H29ClFN5O3. The zero-order valence-electron chi connectivity index (χ0n) is 19.6. The van der Waals surface area contributed by atoms with E-state index in [1.807, 2.05) is 16.7 Å². The number of rotatable bonds is 6. The van der Waals surface area contributed by atoms with Gasteiger partial charge in [0.15, 0.2) is 0 Å². The van der Waals surface area contributed by atoms with Crippen LogP contribution < -0.4 is 15.5 Å². The number of carbonyl (C=O) groups excluding carboxylic acids is 3. The molecule has 10 heteroatoms. The van der Waals surface area contributed by atoms with Crippen molar-refractivity contribution in [2.45, 2.75) is 19.4 Å². The minimum atomic E-state index is -0.878. The maximum atomic E-state index is 14.1. The van der Waals surface area contributed by atoms with Gasteiger partial charge in [-0.3, -0.25) is 19.3 Å². The number of benzene rings is 2. The second-order valence-corrected chi connectivity index (χ2v) is 9.23. The van der Waals surface area contributed by atoms with Gasteiger partial charge in [-0.2, -0.15) is 0 Å². The molecular weight excluding hydrogens is 473 g/mol. The summed E-state index contributed by atoms with van der Waals surface area (Å²) < 4.78 is 14.1. The minimum Gasteiger partial charge on any atom is -0.367 e. The first-order valence-electron chi connectivity index (χ1n) is 11.7. The average molecular weight is 502 g/mol. The molecule has 2 aromatic carbocycles. The van der Waals surface area contributed by atoms with Gasteiger partial charge in [-0.25, -0.2) is 4.39 Å². The highest BCUT2D eigenvalue weighted by Crippen LogP contribution is 2.22. The van der Waals surface area contributed by atoms with Gasteiger partial charge in [-0.15, -0.1) is 0 Å². The molecule has 0 aromatic heterocycles. The van der Waals surface area contributed by atoms with Crippen LogP contribution in [0.4, 0.5) is 15.8 Å². The lowest BCUT2D eigenvalue weighted by Crippen LogP contribution is -2.60. The molecule has 2 aromatic rings. The minimum absolute atomic E-state index is 0.143. The maximum absolute atomic E-state index is 14.1. The van der Waals surface area contributed by atoms with Gasteiger partial charge in [0, 0.05) is 50.0 Å². The van der Waals surface area contributed by atoms with Crippen molar-refractivity contribution in [2.24, 2.45) is 0 Å². The standard InChI is InChI=1S/C25H29ClFN5O3/c1-17-6-7-18(14-19(17)26)29-23(33)15-22-25(35)28-8-9-32(22)24(34)16-30-10-12-31(13-11-30)21-5-3-2-4-20(21)27/h2-7,14,22H,8-13,15-16H2,1H3,(H,28,35)(H,29,33). The van der Waals surface area contributed by atoms with Crippen LogP contribution >= 0.6 is 11.6 Å². The Bertz CT molecular complexity index is 1110. The summed E-state index contributed by atoms with van der Waals surface area (Å²) in [7, 11) is 0. The number of amides is 3. The smallest absolute Gasteiger partial charge is 0.243 e. The molecule has 0 aliphatic carbocycles. The summed E-state index contributed by atoms with van der Waals surface area (Å²) in [4.78, 5) is 43.8. The van der Waals surface area contributed by atoms with Crippen LogP contribution in [0.2, 0.25) is 5.02 Å². The number of nitrogens with zero attached hydrogens (tertiary/aromatic N) is 3. The Kier molecular flexibility index (Phi) is 7.87. The summed E-state index contributed by atoms with van der Waals surface area (Å²) in [6.45, 7) is 5.08. The first-order valence-corrected chi connectivity index (χ1v) is 12.0.